The lowest BCUT2D eigenvalue weighted by Crippen LogP contribution is -2.42. The molecule has 0 radical (unpaired) electrons. The fourth-order valence-electron chi connectivity index (χ4n) is 2.67. The summed E-state index contributed by atoms with van der Waals surface area (Å²) < 4.78 is 11.1. The summed E-state index contributed by atoms with van der Waals surface area (Å²) in [6.07, 6.45) is 6.48. The third-order valence-electron chi connectivity index (χ3n) is 3.77. The van der Waals surface area contributed by atoms with Crippen LogP contribution in [0.15, 0.2) is 29.3 Å². The number of ether oxygens (including phenoxy) is 2. The second-order valence-electron chi connectivity index (χ2n) is 5.58. The molecule has 0 fully saturated rings. The molecule has 132 valence electrons. The van der Waals surface area contributed by atoms with Crippen molar-refractivity contribution in [3.05, 3.63) is 34.9 Å². The summed E-state index contributed by atoms with van der Waals surface area (Å²) in [6.45, 7) is 4.51. The van der Waals surface area contributed by atoms with E-state index in [9.17, 15) is 0 Å². The van der Waals surface area contributed by atoms with Crippen LogP contribution in [0.5, 0.6) is 11.5 Å². The van der Waals surface area contributed by atoms with Crippen molar-refractivity contribution in [2.24, 2.45) is 4.99 Å². The van der Waals surface area contributed by atoms with E-state index in [0.29, 0.717) is 42.3 Å². The van der Waals surface area contributed by atoms with Gasteiger partial charge in [-0.05, 0) is 37.5 Å². The van der Waals surface area contributed by atoms with Gasteiger partial charge in [-0.25, -0.2) is 4.99 Å². The van der Waals surface area contributed by atoms with Crippen molar-refractivity contribution in [3.8, 4) is 11.5 Å². The van der Waals surface area contributed by atoms with Crippen LogP contribution in [-0.4, -0.2) is 31.8 Å². The van der Waals surface area contributed by atoms with Crippen molar-refractivity contribution in [1.82, 2.24) is 10.6 Å². The molecule has 2 N–H and O–H groups in total. The zero-order chi connectivity index (χ0) is 16.1. The van der Waals surface area contributed by atoms with Crippen LogP contribution in [0.2, 0.25) is 5.02 Å². The molecule has 0 bridgehead atoms. The Labute approximate surface area is 164 Å². The maximum Gasteiger partial charge on any atom is 0.191 e. The number of nitrogens with one attached hydrogen (secondary N) is 2. The first kappa shape index (κ1) is 19.2. The molecule has 2 aliphatic rings. The Balaban J connectivity index is 0.00000208. The Bertz CT molecular complexity index is 614. The normalized spacial score (nSPS) is 16.7. The number of fused-ring (bicyclic) bond motifs is 1. The van der Waals surface area contributed by atoms with Gasteiger partial charge in [-0.15, -0.1) is 24.0 Å². The van der Waals surface area contributed by atoms with Crippen molar-refractivity contribution < 1.29 is 9.47 Å². The Morgan fingerprint density at radius 1 is 1.25 bits per heavy atom. The molecule has 1 aromatic rings. The number of hydrogen-bond donors (Lipinski definition) is 2. The van der Waals surface area contributed by atoms with Gasteiger partial charge in [0.15, 0.2) is 17.5 Å². The molecule has 0 amide bonds. The molecule has 0 atom stereocenters. The fourth-order valence-corrected chi connectivity index (χ4v) is 2.96. The Morgan fingerprint density at radius 2 is 2.00 bits per heavy atom. The molecule has 1 aliphatic heterocycles. The van der Waals surface area contributed by atoms with Crippen molar-refractivity contribution >= 4 is 41.5 Å². The van der Waals surface area contributed by atoms with E-state index in [1.165, 1.54) is 0 Å². The zero-order valence-corrected chi connectivity index (χ0v) is 16.8. The van der Waals surface area contributed by atoms with Gasteiger partial charge in [-0.3, -0.25) is 0 Å². The van der Waals surface area contributed by atoms with Crippen molar-refractivity contribution in [1.29, 1.82) is 0 Å². The fraction of sp³-hybridized carbons (Fsp3) is 0.471. The van der Waals surface area contributed by atoms with Gasteiger partial charge in [-0.1, -0.05) is 23.8 Å². The van der Waals surface area contributed by atoms with Gasteiger partial charge in [0.05, 0.1) is 11.6 Å². The van der Waals surface area contributed by atoms with E-state index in [2.05, 4.69) is 34.7 Å². The number of nitrogens with zero attached hydrogens (tertiary/aromatic N) is 1. The van der Waals surface area contributed by atoms with Crippen molar-refractivity contribution in [2.75, 3.05) is 19.8 Å². The molecule has 24 heavy (non-hydrogen) atoms. The van der Waals surface area contributed by atoms with E-state index in [1.54, 1.807) is 0 Å². The van der Waals surface area contributed by atoms with Crippen LogP contribution in [0.25, 0.3) is 0 Å². The smallest absolute Gasteiger partial charge is 0.191 e. The van der Waals surface area contributed by atoms with E-state index in [0.717, 1.165) is 30.9 Å². The maximum absolute atomic E-state index is 6.27. The quantitative estimate of drug-likeness (QED) is 0.311. The lowest BCUT2D eigenvalue weighted by molar-refractivity contribution is 0.171. The monoisotopic (exact) mass is 463 g/mol. The number of hydrogen-bond acceptors (Lipinski definition) is 3. The number of rotatable bonds is 4. The first-order valence-electron chi connectivity index (χ1n) is 8.04. The van der Waals surface area contributed by atoms with Crippen LogP contribution in [-0.2, 0) is 6.54 Å². The minimum atomic E-state index is 0. The number of benzene rings is 1. The third-order valence-corrected chi connectivity index (χ3v) is 4.05. The van der Waals surface area contributed by atoms with Gasteiger partial charge in [0, 0.05) is 12.6 Å². The predicted molar refractivity (Wildman–Crippen MR) is 108 cm³/mol. The molecule has 1 heterocycles. The van der Waals surface area contributed by atoms with Gasteiger partial charge < -0.3 is 20.1 Å². The number of aliphatic imine (C=N–C) groups is 1. The van der Waals surface area contributed by atoms with Gasteiger partial charge in [-0.2, -0.15) is 0 Å². The summed E-state index contributed by atoms with van der Waals surface area (Å²) in [7, 11) is 0. The Hall–Kier alpha value is -1.15. The molecule has 5 nitrogen and oxygen atoms in total. The summed E-state index contributed by atoms with van der Waals surface area (Å²) in [5.74, 6) is 2.16. The third kappa shape index (κ3) is 4.92. The Kier molecular flexibility index (Phi) is 7.48. The van der Waals surface area contributed by atoms with E-state index < -0.39 is 0 Å². The summed E-state index contributed by atoms with van der Waals surface area (Å²) in [5, 5.41) is 7.30. The number of halogens is 2. The molecular weight excluding hydrogens is 441 g/mol. The average Bonchev–Trinajstić information content (AvgIpc) is 3.06. The summed E-state index contributed by atoms with van der Waals surface area (Å²) >= 11 is 6.27. The van der Waals surface area contributed by atoms with Crippen LogP contribution in [0.3, 0.4) is 0 Å². The molecule has 0 saturated carbocycles. The van der Waals surface area contributed by atoms with Crippen molar-refractivity contribution in [3.63, 3.8) is 0 Å². The van der Waals surface area contributed by atoms with Crippen LogP contribution in [0.1, 0.15) is 25.3 Å². The minimum absolute atomic E-state index is 0. The zero-order valence-electron chi connectivity index (χ0n) is 13.7. The Morgan fingerprint density at radius 3 is 2.75 bits per heavy atom. The first-order chi connectivity index (χ1) is 11.3. The molecule has 0 spiro atoms. The molecular formula is C17H23ClIN3O2. The summed E-state index contributed by atoms with van der Waals surface area (Å²) in [6, 6.07) is 4.26. The molecule has 7 heteroatoms. The van der Waals surface area contributed by atoms with Gasteiger partial charge >= 0.3 is 0 Å². The maximum atomic E-state index is 6.27. The van der Waals surface area contributed by atoms with Crippen LogP contribution < -0.4 is 20.1 Å². The summed E-state index contributed by atoms with van der Waals surface area (Å²) in [4.78, 5) is 4.65. The minimum Gasteiger partial charge on any atom is -0.486 e. The molecule has 1 aliphatic carbocycles. The second-order valence-corrected chi connectivity index (χ2v) is 5.99. The predicted octanol–water partition coefficient (Wildman–Crippen LogP) is 3.50. The lowest BCUT2D eigenvalue weighted by Gasteiger charge is -2.20. The standard InChI is InChI=1S/C17H22ClN3O2.HI/c1-2-19-17(21-13-5-3-4-6-13)20-11-12-9-14(18)16-15(10-12)22-7-8-23-16;/h3-4,9-10,13H,2,5-8,11H2,1H3,(H2,19,20,21);1H. The number of guanidine groups is 1. The highest BCUT2D eigenvalue weighted by atomic mass is 127. The van der Waals surface area contributed by atoms with E-state index in [4.69, 9.17) is 21.1 Å². The van der Waals surface area contributed by atoms with Crippen LogP contribution in [0.4, 0.5) is 0 Å². The van der Waals surface area contributed by atoms with E-state index in [1.807, 2.05) is 12.1 Å². The molecule has 1 aromatic carbocycles. The molecule has 0 saturated heterocycles. The van der Waals surface area contributed by atoms with Gasteiger partial charge in [0.2, 0.25) is 0 Å². The van der Waals surface area contributed by atoms with E-state index in [-0.39, 0.29) is 24.0 Å². The first-order valence-corrected chi connectivity index (χ1v) is 8.42. The average molecular weight is 464 g/mol. The van der Waals surface area contributed by atoms with Crippen LogP contribution >= 0.6 is 35.6 Å². The molecule has 0 aromatic heterocycles. The highest BCUT2D eigenvalue weighted by Gasteiger charge is 2.17. The van der Waals surface area contributed by atoms with Crippen molar-refractivity contribution in [2.45, 2.75) is 32.4 Å². The topological polar surface area (TPSA) is 54.9 Å². The SMILES string of the molecule is CCNC(=NCc1cc(Cl)c2c(c1)OCCO2)NC1CC=CC1.I. The second kappa shape index (κ2) is 9.36. The van der Waals surface area contributed by atoms with E-state index >= 15 is 0 Å². The highest BCUT2D eigenvalue weighted by Crippen LogP contribution is 2.38. The molecule has 0 unspecified atom stereocenters. The highest BCUT2D eigenvalue weighted by molar-refractivity contribution is 14.0. The van der Waals surface area contributed by atoms with Crippen LogP contribution in [0, 0.1) is 0 Å². The van der Waals surface area contributed by atoms with Gasteiger partial charge in [0.1, 0.15) is 13.2 Å². The molecule has 3 rings (SSSR count). The largest absolute Gasteiger partial charge is 0.486 e. The van der Waals surface area contributed by atoms with Gasteiger partial charge in [0.25, 0.3) is 0 Å². The lowest BCUT2D eigenvalue weighted by atomic mass is 10.2. The summed E-state index contributed by atoms with van der Waals surface area (Å²) in [5.41, 5.74) is 1.00.